The molecule has 0 radical (unpaired) electrons. The van der Waals surface area contributed by atoms with Crippen molar-refractivity contribution in [2.24, 2.45) is 5.92 Å². The number of aliphatic hydroxyl groups is 1. The molecule has 0 spiro atoms. The Hall–Kier alpha value is -0.610. The van der Waals surface area contributed by atoms with Gasteiger partial charge in [0.15, 0.2) is 0 Å². The Balaban J connectivity index is 1.81. The molecule has 0 amide bonds. The minimum absolute atomic E-state index is 0.133. The molecule has 1 saturated heterocycles. The van der Waals surface area contributed by atoms with E-state index in [2.05, 4.69) is 4.90 Å². The van der Waals surface area contributed by atoms with E-state index in [0.29, 0.717) is 6.04 Å². The molecule has 1 atom stereocenters. The third-order valence-corrected chi connectivity index (χ3v) is 3.99. The van der Waals surface area contributed by atoms with Crippen molar-refractivity contribution in [3.8, 4) is 0 Å². The van der Waals surface area contributed by atoms with Gasteiger partial charge in [-0.2, -0.15) is 0 Å². The second kappa shape index (κ2) is 5.15. The van der Waals surface area contributed by atoms with Gasteiger partial charge in [-0.3, -0.25) is 9.69 Å². The summed E-state index contributed by atoms with van der Waals surface area (Å²) in [5, 5.41) is 18.5. The fraction of sp³-hybridized carbons (Fsp3) is 0.917. The van der Waals surface area contributed by atoms with Crippen molar-refractivity contribution in [3.63, 3.8) is 0 Å². The largest absolute Gasteiger partial charge is 0.481 e. The van der Waals surface area contributed by atoms with E-state index >= 15 is 0 Å². The number of rotatable bonds is 2. The lowest BCUT2D eigenvalue weighted by atomic mass is 9.84. The van der Waals surface area contributed by atoms with Gasteiger partial charge in [-0.15, -0.1) is 0 Å². The average Bonchev–Trinajstić information content (AvgIpc) is 2.29. The molecule has 92 valence electrons. The normalized spacial score (nSPS) is 37.2. The van der Waals surface area contributed by atoms with Crippen LogP contribution in [0.1, 0.15) is 38.5 Å². The van der Waals surface area contributed by atoms with Crippen LogP contribution in [-0.4, -0.2) is 46.3 Å². The van der Waals surface area contributed by atoms with Crippen LogP contribution in [0.25, 0.3) is 0 Å². The van der Waals surface area contributed by atoms with Crippen molar-refractivity contribution in [2.45, 2.75) is 50.7 Å². The summed E-state index contributed by atoms with van der Waals surface area (Å²) in [6.45, 7) is 1.85. The molecule has 1 aliphatic heterocycles. The minimum Gasteiger partial charge on any atom is -0.481 e. The summed E-state index contributed by atoms with van der Waals surface area (Å²) in [7, 11) is 0. The molecule has 4 nitrogen and oxygen atoms in total. The Morgan fingerprint density at radius 2 is 1.81 bits per heavy atom. The van der Waals surface area contributed by atoms with E-state index < -0.39 is 5.97 Å². The van der Waals surface area contributed by atoms with Gasteiger partial charge in [-0.1, -0.05) is 0 Å². The molecule has 0 bridgehead atoms. The average molecular weight is 227 g/mol. The number of piperidine rings is 1. The van der Waals surface area contributed by atoms with Crippen molar-refractivity contribution in [3.05, 3.63) is 0 Å². The first kappa shape index (κ1) is 11.9. The lowest BCUT2D eigenvalue weighted by molar-refractivity contribution is -0.143. The standard InChI is InChI=1S/C12H21NO3/c14-11-2-1-7-13(8-11)10-5-3-9(4-6-10)12(15)16/h9-11,14H,1-8H2,(H,15,16). The highest BCUT2D eigenvalue weighted by Gasteiger charge is 2.31. The first-order valence-electron chi connectivity index (χ1n) is 6.31. The summed E-state index contributed by atoms with van der Waals surface area (Å²) >= 11 is 0. The van der Waals surface area contributed by atoms with Gasteiger partial charge in [0.05, 0.1) is 12.0 Å². The van der Waals surface area contributed by atoms with Crippen LogP contribution in [0, 0.1) is 5.92 Å². The zero-order chi connectivity index (χ0) is 11.5. The molecular formula is C12H21NO3. The molecule has 1 saturated carbocycles. The van der Waals surface area contributed by atoms with Crippen LogP contribution in [0.3, 0.4) is 0 Å². The fourth-order valence-electron chi connectivity index (χ4n) is 3.00. The highest BCUT2D eigenvalue weighted by atomic mass is 16.4. The third kappa shape index (κ3) is 2.74. The van der Waals surface area contributed by atoms with E-state index in [-0.39, 0.29) is 12.0 Å². The van der Waals surface area contributed by atoms with Gasteiger partial charge < -0.3 is 10.2 Å². The number of carbonyl (C=O) groups is 1. The van der Waals surface area contributed by atoms with E-state index in [4.69, 9.17) is 5.11 Å². The molecule has 1 unspecified atom stereocenters. The first-order chi connectivity index (χ1) is 7.66. The number of aliphatic hydroxyl groups excluding tert-OH is 1. The molecule has 2 N–H and O–H groups in total. The number of hydrogen-bond acceptors (Lipinski definition) is 3. The highest BCUT2D eigenvalue weighted by molar-refractivity contribution is 5.70. The quantitative estimate of drug-likeness (QED) is 0.741. The molecule has 16 heavy (non-hydrogen) atoms. The fourth-order valence-corrected chi connectivity index (χ4v) is 3.00. The van der Waals surface area contributed by atoms with Gasteiger partial charge in [-0.05, 0) is 45.1 Å². The Bertz CT molecular complexity index is 249. The van der Waals surface area contributed by atoms with Crippen molar-refractivity contribution < 1.29 is 15.0 Å². The van der Waals surface area contributed by atoms with E-state index in [1.165, 1.54) is 0 Å². The maximum atomic E-state index is 10.8. The molecular weight excluding hydrogens is 206 g/mol. The van der Waals surface area contributed by atoms with Crippen LogP contribution in [0.15, 0.2) is 0 Å². The topological polar surface area (TPSA) is 60.8 Å². The SMILES string of the molecule is O=C(O)C1CCC(N2CCCC(O)C2)CC1. The monoisotopic (exact) mass is 227 g/mol. The van der Waals surface area contributed by atoms with Crippen LogP contribution in [0.5, 0.6) is 0 Å². The zero-order valence-corrected chi connectivity index (χ0v) is 9.64. The third-order valence-electron chi connectivity index (χ3n) is 3.99. The maximum Gasteiger partial charge on any atom is 0.306 e. The summed E-state index contributed by atoms with van der Waals surface area (Å²) in [6, 6.07) is 0.505. The van der Waals surface area contributed by atoms with E-state index in [9.17, 15) is 9.90 Å². The predicted molar refractivity (Wildman–Crippen MR) is 60.2 cm³/mol. The van der Waals surface area contributed by atoms with E-state index in [0.717, 1.165) is 51.6 Å². The molecule has 1 aliphatic carbocycles. The van der Waals surface area contributed by atoms with Crippen molar-refractivity contribution in [2.75, 3.05) is 13.1 Å². The van der Waals surface area contributed by atoms with Gasteiger partial charge in [0.1, 0.15) is 0 Å². The molecule has 2 rings (SSSR count). The number of nitrogens with zero attached hydrogens (tertiary/aromatic N) is 1. The Kier molecular flexibility index (Phi) is 3.82. The van der Waals surface area contributed by atoms with Crippen LogP contribution in [-0.2, 0) is 4.79 Å². The maximum absolute atomic E-state index is 10.8. The summed E-state index contributed by atoms with van der Waals surface area (Å²) < 4.78 is 0. The Labute approximate surface area is 96.3 Å². The molecule has 1 heterocycles. The lowest BCUT2D eigenvalue weighted by Gasteiger charge is -2.39. The highest BCUT2D eigenvalue weighted by Crippen LogP contribution is 2.29. The second-order valence-electron chi connectivity index (χ2n) is 5.13. The lowest BCUT2D eigenvalue weighted by Crippen LogP contribution is -2.46. The van der Waals surface area contributed by atoms with Gasteiger partial charge >= 0.3 is 5.97 Å². The Morgan fingerprint density at radius 1 is 1.12 bits per heavy atom. The van der Waals surface area contributed by atoms with Gasteiger partial charge in [0.2, 0.25) is 0 Å². The molecule has 2 fully saturated rings. The number of hydrogen-bond donors (Lipinski definition) is 2. The minimum atomic E-state index is -0.642. The molecule has 2 aliphatic rings. The van der Waals surface area contributed by atoms with Crippen LogP contribution < -0.4 is 0 Å². The molecule has 0 aromatic carbocycles. The number of aliphatic carboxylic acids is 1. The molecule has 4 heteroatoms. The number of carboxylic acids is 1. The van der Waals surface area contributed by atoms with Crippen LogP contribution in [0.2, 0.25) is 0 Å². The smallest absolute Gasteiger partial charge is 0.306 e. The van der Waals surface area contributed by atoms with Crippen molar-refractivity contribution in [1.29, 1.82) is 0 Å². The van der Waals surface area contributed by atoms with Gasteiger partial charge in [0, 0.05) is 12.6 Å². The summed E-state index contributed by atoms with van der Waals surface area (Å²) in [6.07, 6.45) is 5.36. The summed E-state index contributed by atoms with van der Waals surface area (Å²) in [5.74, 6) is -0.775. The summed E-state index contributed by atoms with van der Waals surface area (Å²) in [5.41, 5.74) is 0. The Morgan fingerprint density at radius 3 is 2.38 bits per heavy atom. The van der Waals surface area contributed by atoms with Crippen LogP contribution in [0.4, 0.5) is 0 Å². The predicted octanol–water partition coefficient (Wildman–Crippen LogP) is 1.09. The molecule has 0 aromatic heterocycles. The number of β-amino-alcohol motifs (C(OH)–C–C–N with tert-alkyl or cyclic N) is 1. The van der Waals surface area contributed by atoms with Gasteiger partial charge in [-0.25, -0.2) is 0 Å². The van der Waals surface area contributed by atoms with Gasteiger partial charge in [0.25, 0.3) is 0 Å². The summed E-state index contributed by atoms with van der Waals surface area (Å²) in [4.78, 5) is 13.2. The second-order valence-corrected chi connectivity index (χ2v) is 5.13. The number of likely N-dealkylation sites (tertiary alicyclic amines) is 1. The number of carboxylic acid groups (broad SMARTS) is 1. The van der Waals surface area contributed by atoms with Crippen molar-refractivity contribution >= 4 is 5.97 Å². The van der Waals surface area contributed by atoms with Crippen LogP contribution >= 0.6 is 0 Å². The zero-order valence-electron chi connectivity index (χ0n) is 9.64. The van der Waals surface area contributed by atoms with E-state index in [1.807, 2.05) is 0 Å². The molecule has 0 aromatic rings. The van der Waals surface area contributed by atoms with Crippen molar-refractivity contribution in [1.82, 2.24) is 4.90 Å². The van der Waals surface area contributed by atoms with E-state index in [1.54, 1.807) is 0 Å². The first-order valence-corrected chi connectivity index (χ1v) is 6.31.